The van der Waals surface area contributed by atoms with Gasteiger partial charge < -0.3 is 24.5 Å². The zero-order valence-corrected chi connectivity index (χ0v) is 20.7. The van der Waals surface area contributed by atoms with Crippen molar-refractivity contribution in [3.05, 3.63) is 107 Å². The highest BCUT2D eigenvalue weighted by Crippen LogP contribution is 2.37. The van der Waals surface area contributed by atoms with Crippen molar-refractivity contribution in [3.8, 4) is 34.3 Å². The molecule has 0 aliphatic carbocycles. The lowest BCUT2D eigenvalue weighted by Gasteiger charge is -2.13. The van der Waals surface area contributed by atoms with Gasteiger partial charge in [-0.25, -0.2) is 8.78 Å². The number of benzene rings is 3. The van der Waals surface area contributed by atoms with Gasteiger partial charge in [-0.1, -0.05) is 0 Å². The Morgan fingerprint density at radius 2 is 1.59 bits per heavy atom. The molecular formula is C29H21F2N3O5. The van der Waals surface area contributed by atoms with Gasteiger partial charge in [0.2, 0.25) is 0 Å². The molecule has 1 amide bonds. The smallest absolute Gasteiger partial charge is 0.272 e. The van der Waals surface area contributed by atoms with Crippen LogP contribution in [0.15, 0.2) is 83.8 Å². The molecule has 0 radical (unpaired) electrons. The number of nitrogens with one attached hydrogen (secondary N) is 2. The summed E-state index contributed by atoms with van der Waals surface area (Å²) in [6.45, 7) is 0. The topological polar surface area (TPSA) is 103 Å². The van der Waals surface area contributed by atoms with Gasteiger partial charge in [-0.3, -0.25) is 14.6 Å². The van der Waals surface area contributed by atoms with E-state index in [2.05, 4.69) is 15.3 Å². The predicted molar refractivity (Wildman–Crippen MR) is 142 cm³/mol. The molecule has 196 valence electrons. The van der Waals surface area contributed by atoms with Gasteiger partial charge in [-0.05, 0) is 66.7 Å². The Bertz CT molecular complexity index is 1750. The second-order valence-corrected chi connectivity index (χ2v) is 8.36. The van der Waals surface area contributed by atoms with Crippen LogP contribution in [0, 0.1) is 11.6 Å². The first kappa shape index (κ1) is 25.4. The minimum atomic E-state index is -0.660. The monoisotopic (exact) mass is 529 g/mol. The molecular weight excluding hydrogens is 508 g/mol. The van der Waals surface area contributed by atoms with E-state index in [1.54, 1.807) is 24.3 Å². The van der Waals surface area contributed by atoms with E-state index in [0.717, 1.165) is 12.1 Å². The molecule has 0 unspecified atom stereocenters. The number of nitrogens with zero attached hydrogens (tertiary/aromatic N) is 1. The fourth-order valence-electron chi connectivity index (χ4n) is 3.94. The Morgan fingerprint density at radius 3 is 2.28 bits per heavy atom. The van der Waals surface area contributed by atoms with Gasteiger partial charge in [0.15, 0.2) is 23.1 Å². The zero-order valence-electron chi connectivity index (χ0n) is 20.7. The predicted octanol–water partition coefficient (Wildman–Crippen LogP) is 5.93. The number of hydrogen-bond donors (Lipinski definition) is 2. The molecule has 3 aromatic carbocycles. The molecule has 0 saturated carbocycles. The van der Waals surface area contributed by atoms with Crippen molar-refractivity contribution in [2.45, 2.75) is 0 Å². The summed E-state index contributed by atoms with van der Waals surface area (Å²) in [7, 11) is 3.03. The zero-order chi connectivity index (χ0) is 27.5. The van der Waals surface area contributed by atoms with Crippen LogP contribution in [0.25, 0.3) is 22.2 Å². The van der Waals surface area contributed by atoms with Gasteiger partial charge in [-0.15, -0.1) is 0 Å². The van der Waals surface area contributed by atoms with Crippen molar-refractivity contribution in [3.63, 3.8) is 0 Å². The first-order chi connectivity index (χ1) is 18.9. The van der Waals surface area contributed by atoms with E-state index in [9.17, 15) is 14.0 Å². The average molecular weight is 529 g/mol. The number of ether oxygens (including phenoxy) is 3. The third-order valence-corrected chi connectivity index (χ3v) is 5.93. The number of pyridine rings is 2. The van der Waals surface area contributed by atoms with Crippen LogP contribution in [0.3, 0.4) is 0 Å². The number of anilines is 1. The number of halogens is 2. The molecule has 2 N–H and O–H groups in total. The summed E-state index contributed by atoms with van der Waals surface area (Å²) in [5.74, 6) is -0.408. The summed E-state index contributed by atoms with van der Waals surface area (Å²) in [4.78, 5) is 31.9. The molecule has 5 aromatic rings. The van der Waals surface area contributed by atoms with E-state index in [1.165, 1.54) is 56.8 Å². The Kier molecular flexibility index (Phi) is 6.92. The average Bonchev–Trinajstić information content (AvgIpc) is 2.94. The molecule has 2 heterocycles. The normalized spacial score (nSPS) is 10.8. The highest BCUT2D eigenvalue weighted by atomic mass is 19.1. The number of aromatic amines is 1. The fraction of sp³-hybridized carbons (Fsp3) is 0.0690. The largest absolute Gasteiger partial charge is 0.493 e. The van der Waals surface area contributed by atoms with E-state index < -0.39 is 23.1 Å². The second kappa shape index (κ2) is 10.6. The SMILES string of the molecule is COc1cc2nccc(Oc3ccc(-c4ccc(NC(=O)c5ccc(F)cc5)c(=O)[nH]4)cc3F)c2cc1OC. The van der Waals surface area contributed by atoms with E-state index in [-0.39, 0.29) is 17.0 Å². The number of hydrogen-bond acceptors (Lipinski definition) is 6. The van der Waals surface area contributed by atoms with E-state index >= 15 is 4.39 Å². The van der Waals surface area contributed by atoms with Gasteiger partial charge in [0.1, 0.15) is 17.3 Å². The van der Waals surface area contributed by atoms with Gasteiger partial charge in [0, 0.05) is 34.5 Å². The molecule has 39 heavy (non-hydrogen) atoms. The lowest BCUT2D eigenvalue weighted by molar-refractivity contribution is 0.102. The van der Waals surface area contributed by atoms with Gasteiger partial charge in [-0.2, -0.15) is 0 Å². The maximum Gasteiger partial charge on any atom is 0.272 e. The second-order valence-electron chi connectivity index (χ2n) is 8.36. The molecule has 0 bridgehead atoms. The lowest BCUT2D eigenvalue weighted by Crippen LogP contribution is -2.20. The van der Waals surface area contributed by atoms with E-state index in [4.69, 9.17) is 14.2 Å². The minimum Gasteiger partial charge on any atom is -0.493 e. The molecule has 0 atom stereocenters. The van der Waals surface area contributed by atoms with Crippen molar-refractivity contribution in [2.75, 3.05) is 19.5 Å². The number of carbonyl (C=O) groups excluding carboxylic acids is 1. The van der Waals surface area contributed by atoms with E-state index in [1.807, 2.05) is 0 Å². The van der Waals surface area contributed by atoms with Crippen LogP contribution >= 0.6 is 0 Å². The maximum absolute atomic E-state index is 15.1. The van der Waals surface area contributed by atoms with Crippen LogP contribution in [-0.2, 0) is 0 Å². The maximum atomic E-state index is 15.1. The molecule has 5 rings (SSSR count). The van der Waals surface area contributed by atoms with Crippen LogP contribution in [0.4, 0.5) is 14.5 Å². The Morgan fingerprint density at radius 1 is 0.846 bits per heavy atom. The minimum absolute atomic E-state index is 0.00914. The summed E-state index contributed by atoms with van der Waals surface area (Å²) in [6.07, 6.45) is 1.54. The van der Waals surface area contributed by atoms with Crippen LogP contribution in [-0.4, -0.2) is 30.1 Å². The van der Waals surface area contributed by atoms with Crippen molar-refractivity contribution in [1.29, 1.82) is 0 Å². The quantitative estimate of drug-likeness (QED) is 0.271. The first-order valence-electron chi connectivity index (χ1n) is 11.6. The summed E-state index contributed by atoms with van der Waals surface area (Å²) >= 11 is 0. The Balaban J connectivity index is 1.37. The van der Waals surface area contributed by atoms with Gasteiger partial charge in [0.25, 0.3) is 11.5 Å². The highest BCUT2D eigenvalue weighted by Gasteiger charge is 2.15. The van der Waals surface area contributed by atoms with Crippen molar-refractivity contribution < 1.29 is 27.8 Å². The number of carbonyl (C=O) groups is 1. The van der Waals surface area contributed by atoms with Crippen LogP contribution in [0.1, 0.15) is 10.4 Å². The number of amides is 1. The van der Waals surface area contributed by atoms with Crippen LogP contribution in [0.2, 0.25) is 0 Å². The lowest BCUT2D eigenvalue weighted by atomic mass is 10.1. The molecule has 10 heteroatoms. The Labute approximate surface area is 220 Å². The summed E-state index contributed by atoms with van der Waals surface area (Å²) < 4.78 is 44.7. The fourth-order valence-corrected chi connectivity index (χ4v) is 3.94. The number of aromatic nitrogens is 2. The van der Waals surface area contributed by atoms with Gasteiger partial charge in [0.05, 0.1) is 19.7 Å². The molecule has 0 fully saturated rings. The number of rotatable bonds is 7. The molecule has 8 nitrogen and oxygen atoms in total. The molecule has 2 aromatic heterocycles. The number of fused-ring (bicyclic) bond motifs is 1. The van der Waals surface area contributed by atoms with Crippen LogP contribution in [0.5, 0.6) is 23.0 Å². The van der Waals surface area contributed by atoms with Crippen LogP contribution < -0.4 is 25.1 Å². The summed E-state index contributed by atoms with van der Waals surface area (Å²) in [5, 5.41) is 3.08. The first-order valence-corrected chi connectivity index (χ1v) is 11.6. The van der Waals surface area contributed by atoms with Crippen molar-refractivity contribution in [1.82, 2.24) is 9.97 Å². The number of H-pyrrole nitrogens is 1. The highest BCUT2D eigenvalue weighted by molar-refractivity contribution is 6.04. The Hall–Kier alpha value is -5.25. The standard InChI is InChI=1S/C29H21F2N3O5/c1-37-26-14-19-23(15-27(26)38-2)32-12-11-24(19)39-25-10-5-17(13-20(25)31)21-8-9-22(29(36)33-21)34-28(35)16-3-6-18(30)7-4-16/h3-15H,1-2H3,(H,33,36)(H,34,35). The van der Waals surface area contributed by atoms with E-state index in [0.29, 0.717) is 39.4 Å². The molecule has 0 spiro atoms. The van der Waals surface area contributed by atoms with Crippen molar-refractivity contribution in [2.24, 2.45) is 0 Å². The number of methoxy groups -OCH3 is 2. The molecule has 0 saturated heterocycles. The third kappa shape index (κ3) is 5.26. The molecule has 0 aliphatic rings. The summed E-state index contributed by atoms with van der Waals surface area (Å²) in [6, 6.07) is 17.1. The molecule has 0 aliphatic heterocycles. The summed E-state index contributed by atoms with van der Waals surface area (Å²) in [5.41, 5.74) is 0.890. The van der Waals surface area contributed by atoms with Crippen molar-refractivity contribution >= 4 is 22.5 Å². The van der Waals surface area contributed by atoms with Gasteiger partial charge >= 0.3 is 0 Å². The third-order valence-electron chi connectivity index (χ3n) is 5.93.